The second kappa shape index (κ2) is 5.43. The molecule has 108 valence electrons. The molecule has 3 fully saturated rings. The molecule has 0 aromatic heterocycles. The lowest BCUT2D eigenvalue weighted by molar-refractivity contribution is -0.138. The highest BCUT2D eigenvalue weighted by Gasteiger charge is 2.44. The van der Waals surface area contributed by atoms with Crippen molar-refractivity contribution < 1.29 is 4.79 Å². The number of carbonyl (C=O) groups is 1. The van der Waals surface area contributed by atoms with Crippen molar-refractivity contribution in [3.63, 3.8) is 0 Å². The Balaban J connectivity index is 1.81. The van der Waals surface area contributed by atoms with Crippen LogP contribution in [-0.4, -0.2) is 36.0 Å². The number of rotatable bonds is 2. The predicted molar refractivity (Wildman–Crippen MR) is 76.9 cm³/mol. The molecule has 1 amide bonds. The molecule has 3 rings (SSSR count). The number of nitrogens with one attached hydrogen (secondary N) is 1. The quantitative estimate of drug-likeness (QED) is 0.831. The molecule has 1 aliphatic heterocycles. The molecule has 1 N–H and O–H groups in total. The van der Waals surface area contributed by atoms with Gasteiger partial charge in [0.05, 0.1) is 6.04 Å². The van der Waals surface area contributed by atoms with E-state index in [0.717, 1.165) is 18.3 Å². The minimum absolute atomic E-state index is 0.0606. The Morgan fingerprint density at radius 1 is 1.11 bits per heavy atom. The second-order valence-electron chi connectivity index (χ2n) is 6.96. The van der Waals surface area contributed by atoms with Crippen molar-refractivity contribution in [2.24, 2.45) is 11.8 Å². The minimum Gasteiger partial charge on any atom is -0.335 e. The molecule has 5 unspecified atom stereocenters. The van der Waals surface area contributed by atoms with Gasteiger partial charge in [-0.05, 0) is 64.3 Å². The molecular weight excluding hydrogens is 236 g/mol. The summed E-state index contributed by atoms with van der Waals surface area (Å²) in [5.74, 6) is 2.07. The van der Waals surface area contributed by atoms with E-state index in [2.05, 4.69) is 17.1 Å². The molecule has 1 heterocycles. The molecule has 2 saturated carbocycles. The molecule has 2 bridgehead atoms. The van der Waals surface area contributed by atoms with E-state index in [1.54, 1.807) is 0 Å². The normalized spacial score (nSPS) is 43.4. The van der Waals surface area contributed by atoms with Crippen molar-refractivity contribution in [2.75, 3.05) is 7.05 Å². The summed E-state index contributed by atoms with van der Waals surface area (Å²) in [4.78, 5) is 15.1. The maximum atomic E-state index is 12.8. The fourth-order valence-corrected chi connectivity index (χ4v) is 4.81. The van der Waals surface area contributed by atoms with Gasteiger partial charge >= 0.3 is 0 Å². The third-order valence-corrected chi connectivity index (χ3v) is 5.79. The predicted octanol–water partition coefficient (Wildman–Crippen LogP) is 2.55. The number of fused-ring (bicyclic) bond motifs is 2. The Bertz CT molecular complexity index is 344. The molecule has 0 spiro atoms. The summed E-state index contributed by atoms with van der Waals surface area (Å²) in [6, 6.07) is 1.05. The van der Waals surface area contributed by atoms with Gasteiger partial charge in [0.2, 0.25) is 5.91 Å². The average molecular weight is 264 g/mol. The summed E-state index contributed by atoms with van der Waals surface area (Å²) in [6.07, 6.45) is 10.2. The van der Waals surface area contributed by atoms with E-state index in [0.29, 0.717) is 18.0 Å². The molecule has 1 saturated heterocycles. The molecule has 3 aliphatic rings. The third kappa shape index (κ3) is 2.42. The fraction of sp³-hybridized carbons (Fsp3) is 0.938. The molecule has 0 radical (unpaired) electrons. The first-order chi connectivity index (χ1) is 9.20. The standard InChI is InChI=1S/C16H28N2O/c1-11-5-3-8-14(17-2)16(19)18(11)15-10-12-6-4-7-13(15)9-12/h11-15,17H,3-10H2,1-2H3. The van der Waals surface area contributed by atoms with E-state index in [1.165, 1.54) is 44.9 Å². The number of hydrogen-bond acceptors (Lipinski definition) is 2. The van der Waals surface area contributed by atoms with E-state index < -0.39 is 0 Å². The van der Waals surface area contributed by atoms with Crippen molar-refractivity contribution in [2.45, 2.75) is 76.4 Å². The van der Waals surface area contributed by atoms with E-state index in [-0.39, 0.29) is 6.04 Å². The van der Waals surface area contributed by atoms with Crippen LogP contribution in [0.4, 0.5) is 0 Å². The van der Waals surface area contributed by atoms with Crippen LogP contribution in [0, 0.1) is 11.8 Å². The molecule has 3 heteroatoms. The van der Waals surface area contributed by atoms with Crippen molar-refractivity contribution in [1.29, 1.82) is 0 Å². The molecule has 5 atom stereocenters. The molecular formula is C16H28N2O. The maximum absolute atomic E-state index is 12.8. The third-order valence-electron chi connectivity index (χ3n) is 5.79. The van der Waals surface area contributed by atoms with E-state index in [1.807, 2.05) is 7.05 Å². The number of nitrogens with zero attached hydrogens (tertiary/aromatic N) is 1. The van der Waals surface area contributed by atoms with Crippen LogP contribution in [0.5, 0.6) is 0 Å². The van der Waals surface area contributed by atoms with Gasteiger partial charge in [-0.3, -0.25) is 4.79 Å². The zero-order valence-electron chi connectivity index (χ0n) is 12.4. The van der Waals surface area contributed by atoms with Crippen molar-refractivity contribution in [1.82, 2.24) is 10.2 Å². The monoisotopic (exact) mass is 264 g/mol. The van der Waals surface area contributed by atoms with E-state index in [4.69, 9.17) is 0 Å². The average Bonchev–Trinajstić information content (AvgIpc) is 2.60. The van der Waals surface area contributed by atoms with Crippen LogP contribution in [0.2, 0.25) is 0 Å². The van der Waals surface area contributed by atoms with Gasteiger partial charge in [0.1, 0.15) is 0 Å². The molecule has 3 nitrogen and oxygen atoms in total. The Morgan fingerprint density at radius 3 is 2.63 bits per heavy atom. The summed E-state index contributed by atoms with van der Waals surface area (Å²) >= 11 is 0. The van der Waals surface area contributed by atoms with Gasteiger partial charge in [-0.25, -0.2) is 0 Å². The lowest BCUT2D eigenvalue weighted by atomic mass is 9.88. The topological polar surface area (TPSA) is 32.3 Å². The van der Waals surface area contributed by atoms with Crippen LogP contribution in [0.1, 0.15) is 58.3 Å². The van der Waals surface area contributed by atoms with Crippen LogP contribution < -0.4 is 5.32 Å². The van der Waals surface area contributed by atoms with E-state index >= 15 is 0 Å². The Hall–Kier alpha value is -0.570. The lowest BCUT2D eigenvalue weighted by Crippen LogP contribution is -2.52. The Labute approximate surface area is 117 Å². The molecule has 19 heavy (non-hydrogen) atoms. The second-order valence-corrected chi connectivity index (χ2v) is 6.96. The van der Waals surface area contributed by atoms with Crippen LogP contribution in [0.15, 0.2) is 0 Å². The Kier molecular flexibility index (Phi) is 3.84. The number of amides is 1. The molecule has 0 aromatic rings. The highest BCUT2D eigenvalue weighted by molar-refractivity contribution is 5.82. The van der Waals surface area contributed by atoms with Gasteiger partial charge in [-0.15, -0.1) is 0 Å². The van der Waals surface area contributed by atoms with Crippen LogP contribution in [0.25, 0.3) is 0 Å². The number of likely N-dealkylation sites (N-methyl/N-ethyl adjacent to an activating group) is 1. The van der Waals surface area contributed by atoms with Crippen molar-refractivity contribution >= 4 is 5.91 Å². The minimum atomic E-state index is 0.0606. The fourth-order valence-electron chi connectivity index (χ4n) is 4.81. The zero-order chi connectivity index (χ0) is 13.4. The van der Waals surface area contributed by atoms with Gasteiger partial charge in [0, 0.05) is 12.1 Å². The van der Waals surface area contributed by atoms with E-state index in [9.17, 15) is 4.79 Å². The van der Waals surface area contributed by atoms with Gasteiger partial charge in [-0.2, -0.15) is 0 Å². The van der Waals surface area contributed by atoms with Crippen LogP contribution in [0.3, 0.4) is 0 Å². The number of likely N-dealkylation sites (tertiary alicyclic amines) is 1. The van der Waals surface area contributed by atoms with Gasteiger partial charge < -0.3 is 10.2 Å². The highest BCUT2D eigenvalue weighted by Crippen LogP contribution is 2.45. The zero-order valence-corrected chi connectivity index (χ0v) is 12.4. The molecule has 0 aromatic carbocycles. The van der Waals surface area contributed by atoms with Gasteiger partial charge in [-0.1, -0.05) is 12.8 Å². The summed E-state index contributed by atoms with van der Waals surface area (Å²) in [6.45, 7) is 2.26. The highest BCUT2D eigenvalue weighted by atomic mass is 16.2. The molecule has 2 aliphatic carbocycles. The summed E-state index contributed by atoms with van der Waals surface area (Å²) in [5.41, 5.74) is 0. The smallest absolute Gasteiger partial charge is 0.240 e. The Morgan fingerprint density at radius 2 is 1.89 bits per heavy atom. The van der Waals surface area contributed by atoms with Gasteiger partial charge in [0.15, 0.2) is 0 Å². The number of carbonyl (C=O) groups excluding carboxylic acids is 1. The summed E-state index contributed by atoms with van der Waals surface area (Å²) in [5, 5.41) is 3.24. The largest absolute Gasteiger partial charge is 0.335 e. The van der Waals surface area contributed by atoms with Crippen molar-refractivity contribution in [3.8, 4) is 0 Å². The first-order valence-electron chi connectivity index (χ1n) is 8.20. The first-order valence-corrected chi connectivity index (χ1v) is 8.20. The SMILES string of the molecule is CNC1CCCC(C)N(C2CC3CCCC2C3)C1=O. The van der Waals surface area contributed by atoms with Crippen LogP contribution in [-0.2, 0) is 4.79 Å². The first kappa shape index (κ1) is 13.4. The number of hydrogen-bond donors (Lipinski definition) is 1. The van der Waals surface area contributed by atoms with Crippen LogP contribution >= 0.6 is 0 Å². The van der Waals surface area contributed by atoms with Crippen molar-refractivity contribution in [3.05, 3.63) is 0 Å². The maximum Gasteiger partial charge on any atom is 0.240 e. The summed E-state index contributed by atoms with van der Waals surface area (Å²) < 4.78 is 0. The summed E-state index contributed by atoms with van der Waals surface area (Å²) in [7, 11) is 1.93. The van der Waals surface area contributed by atoms with Gasteiger partial charge in [0.25, 0.3) is 0 Å². The lowest BCUT2D eigenvalue weighted by Gasteiger charge is -2.38.